The van der Waals surface area contributed by atoms with Gasteiger partial charge in [0.1, 0.15) is 0 Å². The van der Waals surface area contributed by atoms with Crippen molar-refractivity contribution in [1.82, 2.24) is 0 Å². The molecule has 1 nitrogen and oxygen atoms in total. The van der Waals surface area contributed by atoms with Gasteiger partial charge in [-0.2, -0.15) is 0 Å². The van der Waals surface area contributed by atoms with E-state index in [2.05, 4.69) is 24.8 Å². The van der Waals surface area contributed by atoms with Gasteiger partial charge in [-0.15, -0.1) is 0 Å². The first-order valence-electron chi connectivity index (χ1n) is 0.643. The average Bonchev–Trinajstić information content (AvgIpc) is 1.37. The third kappa shape index (κ3) is 2.60. The minimum absolute atomic E-state index is 1.72. The summed E-state index contributed by atoms with van der Waals surface area (Å²) >= 11 is 4.48. The van der Waals surface area contributed by atoms with Gasteiger partial charge in [-0.05, 0) is 0 Å². The fraction of sp³-hybridized carbons (Fsp3) is 0. The molecule has 20 valence electrons. The second-order valence-corrected chi connectivity index (χ2v) is 1.02. The summed E-state index contributed by atoms with van der Waals surface area (Å²) < 4.78 is 5.77. The number of rotatable bonds is 0. The maximum absolute atomic E-state index is 3.30. The SMILES string of the molecule is [Ge]=[C]=NBr. The molecule has 0 amide bonds. The van der Waals surface area contributed by atoms with Crippen LogP contribution >= 0.6 is 16.1 Å². The van der Waals surface area contributed by atoms with Crippen LogP contribution in [0.4, 0.5) is 0 Å². The molecule has 0 aliphatic carbocycles. The molecule has 0 rings (SSSR count). The molecule has 3 heteroatoms. The van der Waals surface area contributed by atoms with E-state index in [1.54, 1.807) is 16.1 Å². The van der Waals surface area contributed by atoms with Crippen LogP contribution < -0.4 is 0 Å². The first-order chi connectivity index (χ1) is 1.91. The van der Waals surface area contributed by atoms with Crippen molar-refractivity contribution in [2.24, 2.45) is 4.02 Å². The van der Waals surface area contributed by atoms with Crippen LogP contribution in [-0.2, 0) is 0 Å². The average molecular weight is 179 g/mol. The molecule has 0 bridgehead atoms. The van der Waals surface area contributed by atoms with Crippen molar-refractivity contribution in [3.63, 3.8) is 0 Å². The van der Waals surface area contributed by atoms with Gasteiger partial charge in [-0.25, -0.2) is 0 Å². The summed E-state index contributed by atoms with van der Waals surface area (Å²) in [6, 6.07) is 0. The van der Waals surface area contributed by atoms with Gasteiger partial charge in [0.25, 0.3) is 0 Å². The van der Waals surface area contributed by atoms with Crippen molar-refractivity contribution in [1.29, 1.82) is 0 Å². The molecule has 0 aromatic rings. The molecule has 0 aliphatic heterocycles. The first kappa shape index (κ1) is 4.60. The van der Waals surface area contributed by atoms with E-state index in [0.29, 0.717) is 0 Å². The Bertz CT molecular complexity index is 46.0. The Labute approximate surface area is 41.2 Å². The van der Waals surface area contributed by atoms with Crippen molar-refractivity contribution < 1.29 is 0 Å². The Morgan fingerprint density at radius 2 is 2.25 bits per heavy atom. The third-order valence-electron chi connectivity index (χ3n) is 0.0423. The van der Waals surface area contributed by atoms with Crippen LogP contribution in [0.25, 0.3) is 0 Å². The molecule has 2 radical (unpaired) electrons. The van der Waals surface area contributed by atoms with Gasteiger partial charge in [0.05, 0.1) is 0 Å². The molecule has 0 saturated heterocycles. The Morgan fingerprint density at radius 1 is 2.00 bits per heavy atom. The topological polar surface area (TPSA) is 12.4 Å². The standard InChI is InChI=1S/CBrGeN/c2-4-1-3. The summed E-state index contributed by atoms with van der Waals surface area (Å²) in [5.74, 6) is 0. The van der Waals surface area contributed by atoms with E-state index in [4.69, 9.17) is 0 Å². The van der Waals surface area contributed by atoms with E-state index in [9.17, 15) is 0 Å². The minimum atomic E-state index is 1.72. The zero-order chi connectivity index (χ0) is 3.41. The molecular formula is CBrGeN. The van der Waals surface area contributed by atoms with Gasteiger partial charge in [0.2, 0.25) is 0 Å². The Balaban J connectivity index is 3.11. The Kier molecular flexibility index (Phi) is 4.15. The molecule has 0 aromatic carbocycles. The zero-order valence-electron chi connectivity index (χ0n) is 1.83. The molecule has 0 atom stereocenters. The summed E-state index contributed by atoms with van der Waals surface area (Å²) in [5.41, 5.74) is 0. The van der Waals surface area contributed by atoms with Gasteiger partial charge in [0, 0.05) is 0 Å². The van der Waals surface area contributed by atoms with Crippen molar-refractivity contribution in [3.8, 4) is 0 Å². The number of halogens is 1. The molecule has 0 N–H and O–H groups in total. The second-order valence-electron chi connectivity index (χ2n) is 0.196. The van der Waals surface area contributed by atoms with Crippen LogP contribution in [0.15, 0.2) is 4.02 Å². The molecule has 0 saturated carbocycles. The van der Waals surface area contributed by atoms with Crippen LogP contribution in [0.2, 0.25) is 0 Å². The predicted molar refractivity (Wildman–Crippen MR) is 22.1 cm³/mol. The Hall–Kier alpha value is 0.603. The second kappa shape index (κ2) is 3.60. The van der Waals surface area contributed by atoms with E-state index in [1.807, 2.05) is 0 Å². The van der Waals surface area contributed by atoms with Crippen LogP contribution in [0.3, 0.4) is 0 Å². The molecule has 0 heterocycles. The fourth-order valence-electron chi connectivity index (χ4n) is 0. The normalized spacial score (nSPS) is 4.25. The van der Waals surface area contributed by atoms with Gasteiger partial charge in [0.15, 0.2) is 0 Å². The summed E-state index contributed by atoms with van der Waals surface area (Å²) in [6.07, 6.45) is 0. The molecular weight excluding hydrogens is 179 g/mol. The number of hydrogen-bond donors (Lipinski definition) is 0. The van der Waals surface area contributed by atoms with E-state index < -0.39 is 0 Å². The summed E-state index contributed by atoms with van der Waals surface area (Å²) in [4.78, 5) is 0. The molecule has 4 heavy (non-hydrogen) atoms. The third-order valence-corrected chi connectivity index (χ3v) is 1.14. The summed E-state index contributed by atoms with van der Waals surface area (Å²) in [5, 5.41) is 0. The van der Waals surface area contributed by atoms with Crippen LogP contribution in [-0.4, -0.2) is 20.7 Å². The monoisotopic (exact) mass is 179 g/mol. The van der Waals surface area contributed by atoms with Gasteiger partial charge >= 0.3 is 40.9 Å². The molecule has 0 spiro atoms. The van der Waals surface area contributed by atoms with Crippen LogP contribution in [0.5, 0.6) is 0 Å². The quantitative estimate of drug-likeness (QED) is 0.376. The zero-order valence-corrected chi connectivity index (χ0v) is 5.51. The van der Waals surface area contributed by atoms with E-state index in [-0.39, 0.29) is 0 Å². The van der Waals surface area contributed by atoms with E-state index in [1.165, 1.54) is 0 Å². The molecule has 0 unspecified atom stereocenters. The van der Waals surface area contributed by atoms with Crippen molar-refractivity contribution in [3.05, 3.63) is 0 Å². The van der Waals surface area contributed by atoms with Gasteiger partial charge in [-0.3, -0.25) is 0 Å². The van der Waals surface area contributed by atoms with Gasteiger partial charge in [-0.1, -0.05) is 0 Å². The summed E-state index contributed by atoms with van der Waals surface area (Å²) in [7, 11) is 0. The number of hydrogen-bond acceptors (Lipinski definition) is 1. The van der Waals surface area contributed by atoms with Crippen molar-refractivity contribution in [2.75, 3.05) is 0 Å². The molecule has 0 aromatic heterocycles. The van der Waals surface area contributed by atoms with Gasteiger partial charge < -0.3 is 0 Å². The van der Waals surface area contributed by atoms with E-state index >= 15 is 0 Å². The van der Waals surface area contributed by atoms with Crippen LogP contribution in [0.1, 0.15) is 0 Å². The van der Waals surface area contributed by atoms with Crippen LogP contribution in [0, 0.1) is 0 Å². The summed E-state index contributed by atoms with van der Waals surface area (Å²) in [6.45, 7) is 0. The molecule has 0 aliphatic rings. The fourth-order valence-corrected chi connectivity index (χ4v) is 0. The van der Waals surface area contributed by atoms with Crippen molar-refractivity contribution >= 4 is 36.9 Å². The van der Waals surface area contributed by atoms with E-state index in [0.717, 1.165) is 0 Å². The molecule has 0 fully saturated rings. The van der Waals surface area contributed by atoms with Crippen molar-refractivity contribution in [2.45, 2.75) is 0 Å². The Morgan fingerprint density at radius 3 is 2.25 bits per heavy atom. The number of nitrogens with zero attached hydrogens (tertiary/aromatic N) is 1. The maximum atomic E-state index is 3.30. The first-order valence-corrected chi connectivity index (χ1v) is 2.40. The predicted octanol–water partition coefficient (Wildman–Crippen LogP) is 0.370.